The summed E-state index contributed by atoms with van der Waals surface area (Å²) >= 11 is 0. The normalized spacial score (nSPS) is 14.6. The fourth-order valence-corrected chi connectivity index (χ4v) is 1.29. The molecule has 92 valence electrons. The fourth-order valence-electron chi connectivity index (χ4n) is 1.29. The third-order valence-electron chi connectivity index (χ3n) is 2.54. The Bertz CT molecular complexity index is 154. The van der Waals surface area contributed by atoms with Crippen molar-refractivity contribution >= 4 is 0 Å². The molecule has 0 rings (SSSR count). The van der Waals surface area contributed by atoms with Crippen molar-refractivity contribution in [3.8, 4) is 0 Å². The summed E-state index contributed by atoms with van der Waals surface area (Å²) in [6.45, 7) is 11.8. The highest BCUT2D eigenvalue weighted by molar-refractivity contribution is 4.75. The molecule has 0 spiro atoms. The van der Waals surface area contributed by atoms with E-state index in [-0.39, 0.29) is 5.54 Å². The average molecular weight is 216 g/mol. The molecule has 1 unspecified atom stereocenters. The largest absolute Gasteiger partial charge is 0.385 e. The fraction of sp³-hybridized carbons (Fsp3) is 1.00. The number of methoxy groups -OCH3 is 1. The van der Waals surface area contributed by atoms with Crippen LogP contribution in [0.1, 0.15) is 34.1 Å². The molecular weight excluding hydrogens is 188 g/mol. The lowest BCUT2D eigenvalue weighted by molar-refractivity contribution is 0.165. The first kappa shape index (κ1) is 14.9. The zero-order valence-electron chi connectivity index (χ0n) is 11.3. The van der Waals surface area contributed by atoms with Crippen molar-refractivity contribution in [2.24, 2.45) is 0 Å². The van der Waals surface area contributed by atoms with Gasteiger partial charge in [0.15, 0.2) is 0 Å². The van der Waals surface area contributed by atoms with E-state index in [1.165, 1.54) is 0 Å². The Morgan fingerprint density at radius 2 is 1.93 bits per heavy atom. The molecule has 0 radical (unpaired) electrons. The summed E-state index contributed by atoms with van der Waals surface area (Å²) in [5, 5.41) is 3.52. The molecule has 0 saturated heterocycles. The van der Waals surface area contributed by atoms with Crippen LogP contribution in [0.4, 0.5) is 0 Å². The number of nitrogens with one attached hydrogen (secondary N) is 1. The molecule has 0 aromatic carbocycles. The van der Waals surface area contributed by atoms with Crippen LogP contribution in [-0.2, 0) is 4.74 Å². The van der Waals surface area contributed by atoms with Gasteiger partial charge in [0.2, 0.25) is 0 Å². The van der Waals surface area contributed by atoms with Crippen molar-refractivity contribution in [3.05, 3.63) is 0 Å². The van der Waals surface area contributed by atoms with Gasteiger partial charge in [-0.25, -0.2) is 0 Å². The Morgan fingerprint density at radius 1 is 1.33 bits per heavy atom. The number of ether oxygens (including phenoxy) is 1. The van der Waals surface area contributed by atoms with E-state index in [2.05, 4.69) is 45.0 Å². The van der Waals surface area contributed by atoms with Crippen molar-refractivity contribution in [1.82, 2.24) is 10.2 Å². The number of nitrogens with zero attached hydrogens (tertiary/aromatic N) is 1. The second-order valence-corrected chi connectivity index (χ2v) is 5.31. The van der Waals surface area contributed by atoms with E-state index < -0.39 is 0 Å². The first-order chi connectivity index (χ1) is 6.87. The van der Waals surface area contributed by atoms with E-state index in [9.17, 15) is 0 Å². The summed E-state index contributed by atoms with van der Waals surface area (Å²) in [5.74, 6) is 0. The van der Waals surface area contributed by atoms with Gasteiger partial charge in [0.05, 0.1) is 0 Å². The van der Waals surface area contributed by atoms with Crippen LogP contribution in [0.15, 0.2) is 0 Å². The van der Waals surface area contributed by atoms with Crippen molar-refractivity contribution in [3.63, 3.8) is 0 Å². The summed E-state index contributed by atoms with van der Waals surface area (Å²) in [7, 11) is 3.93. The van der Waals surface area contributed by atoms with Gasteiger partial charge >= 0.3 is 0 Å². The van der Waals surface area contributed by atoms with Gasteiger partial charge in [0, 0.05) is 38.4 Å². The summed E-state index contributed by atoms with van der Waals surface area (Å²) in [6.07, 6.45) is 1.10. The van der Waals surface area contributed by atoms with E-state index in [1.54, 1.807) is 7.11 Å². The van der Waals surface area contributed by atoms with Crippen molar-refractivity contribution in [2.75, 3.05) is 33.9 Å². The lowest BCUT2D eigenvalue weighted by Crippen LogP contribution is -2.45. The van der Waals surface area contributed by atoms with Gasteiger partial charge < -0.3 is 15.0 Å². The molecule has 0 heterocycles. The van der Waals surface area contributed by atoms with Gasteiger partial charge in [-0.1, -0.05) is 0 Å². The third kappa shape index (κ3) is 8.85. The Hall–Kier alpha value is -0.120. The molecule has 15 heavy (non-hydrogen) atoms. The molecule has 0 aliphatic carbocycles. The maximum absolute atomic E-state index is 5.04. The standard InChI is InChI=1S/C12H28N2O/c1-11(10-13-12(2,3)4)14(5)8-7-9-15-6/h11,13H,7-10H2,1-6H3. The summed E-state index contributed by atoms with van der Waals surface area (Å²) in [6, 6.07) is 0.570. The van der Waals surface area contributed by atoms with E-state index in [0.717, 1.165) is 26.1 Å². The molecule has 0 amide bonds. The highest BCUT2D eigenvalue weighted by Crippen LogP contribution is 2.01. The SMILES string of the molecule is COCCCN(C)C(C)CNC(C)(C)C. The quantitative estimate of drug-likeness (QED) is 0.656. The van der Waals surface area contributed by atoms with Gasteiger partial charge in [-0.2, -0.15) is 0 Å². The van der Waals surface area contributed by atoms with E-state index >= 15 is 0 Å². The minimum Gasteiger partial charge on any atom is -0.385 e. The van der Waals surface area contributed by atoms with Crippen LogP contribution in [0, 0.1) is 0 Å². The highest BCUT2D eigenvalue weighted by Gasteiger charge is 2.13. The molecule has 0 aromatic heterocycles. The van der Waals surface area contributed by atoms with Gasteiger partial charge in [0.1, 0.15) is 0 Å². The minimum atomic E-state index is 0.210. The van der Waals surface area contributed by atoms with Gasteiger partial charge in [0.25, 0.3) is 0 Å². The Balaban J connectivity index is 3.64. The maximum atomic E-state index is 5.04. The predicted octanol–water partition coefficient (Wildman–Crippen LogP) is 1.73. The Labute approximate surface area is 95.2 Å². The number of hydrogen-bond donors (Lipinski definition) is 1. The predicted molar refractivity (Wildman–Crippen MR) is 66.3 cm³/mol. The highest BCUT2D eigenvalue weighted by atomic mass is 16.5. The summed E-state index contributed by atoms with van der Waals surface area (Å²) < 4.78 is 5.04. The van der Waals surface area contributed by atoms with Crippen molar-refractivity contribution in [2.45, 2.75) is 45.7 Å². The summed E-state index contributed by atoms with van der Waals surface area (Å²) in [5.41, 5.74) is 0.210. The van der Waals surface area contributed by atoms with Crippen molar-refractivity contribution < 1.29 is 4.74 Å². The third-order valence-corrected chi connectivity index (χ3v) is 2.54. The van der Waals surface area contributed by atoms with Gasteiger partial charge in [-0.05, 0) is 41.2 Å². The van der Waals surface area contributed by atoms with E-state index in [1.807, 2.05) is 0 Å². The van der Waals surface area contributed by atoms with Crippen LogP contribution in [0.2, 0.25) is 0 Å². The Morgan fingerprint density at radius 3 is 2.40 bits per heavy atom. The molecule has 1 atom stereocenters. The smallest absolute Gasteiger partial charge is 0.0474 e. The van der Waals surface area contributed by atoms with Crippen LogP contribution < -0.4 is 5.32 Å². The lowest BCUT2D eigenvalue weighted by atomic mass is 10.1. The van der Waals surface area contributed by atoms with Crippen LogP contribution in [0.5, 0.6) is 0 Å². The van der Waals surface area contributed by atoms with Crippen LogP contribution in [-0.4, -0.2) is 50.3 Å². The molecular formula is C12H28N2O. The zero-order chi connectivity index (χ0) is 11.9. The minimum absolute atomic E-state index is 0.210. The maximum Gasteiger partial charge on any atom is 0.0474 e. The zero-order valence-corrected chi connectivity index (χ0v) is 11.3. The number of rotatable bonds is 7. The van der Waals surface area contributed by atoms with E-state index in [4.69, 9.17) is 4.74 Å². The first-order valence-corrected chi connectivity index (χ1v) is 5.81. The number of hydrogen-bond acceptors (Lipinski definition) is 3. The average Bonchev–Trinajstić information content (AvgIpc) is 2.13. The van der Waals surface area contributed by atoms with Crippen molar-refractivity contribution in [1.29, 1.82) is 0 Å². The first-order valence-electron chi connectivity index (χ1n) is 5.81. The van der Waals surface area contributed by atoms with Crippen LogP contribution >= 0.6 is 0 Å². The van der Waals surface area contributed by atoms with E-state index in [0.29, 0.717) is 6.04 Å². The molecule has 0 fully saturated rings. The molecule has 0 bridgehead atoms. The molecule has 0 aromatic rings. The molecule has 3 nitrogen and oxygen atoms in total. The molecule has 1 N–H and O–H groups in total. The second kappa shape index (κ2) is 7.20. The van der Waals surface area contributed by atoms with Gasteiger partial charge in [-0.15, -0.1) is 0 Å². The molecule has 0 aliphatic rings. The molecule has 0 saturated carbocycles. The van der Waals surface area contributed by atoms with Crippen LogP contribution in [0.3, 0.4) is 0 Å². The van der Waals surface area contributed by atoms with Gasteiger partial charge in [-0.3, -0.25) is 0 Å². The van der Waals surface area contributed by atoms with Crippen LogP contribution in [0.25, 0.3) is 0 Å². The summed E-state index contributed by atoms with van der Waals surface area (Å²) in [4.78, 5) is 2.37. The molecule has 0 aliphatic heterocycles. The molecule has 3 heteroatoms. The topological polar surface area (TPSA) is 24.5 Å². The lowest BCUT2D eigenvalue weighted by Gasteiger charge is -2.29. The number of likely N-dealkylation sites (N-methyl/N-ethyl adjacent to an activating group) is 1. The second-order valence-electron chi connectivity index (χ2n) is 5.31. The Kier molecular flexibility index (Phi) is 7.14. The monoisotopic (exact) mass is 216 g/mol.